The van der Waals surface area contributed by atoms with Gasteiger partial charge in [0.15, 0.2) is 11.6 Å². The van der Waals surface area contributed by atoms with Crippen LogP contribution in [0.1, 0.15) is 18.1 Å². The average Bonchev–Trinajstić information content (AvgIpc) is 2.76. The van der Waals surface area contributed by atoms with Crippen LogP contribution in [0.2, 0.25) is 0 Å². The Bertz CT molecular complexity index is 823. The molecular formula is C17H13F3N2O2. The smallest absolute Gasteiger partial charge is 0.319 e. The number of hydrogen-bond donors (Lipinski definition) is 1. The van der Waals surface area contributed by atoms with Crippen LogP contribution < -0.4 is 5.32 Å². The molecule has 124 valence electrons. The van der Waals surface area contributed by atoms with Gasteiger partial charge >= 0.3 is 6.03 Å². The highest BCUT2D eigenvalue weighted by Gasteiger charge is 2.49. The highest BCUT2D eigenvalue weighted by Crippen LogP contribution is 2.30. The van der Waals surface area contributed by atoms with Gasteiger partial charge < -0.3 is 5.32 Å². The molecule has 2 aromatic carbocycles. The fraction of sp³-hybridized carbons (Fsp3) is 0.176. The van der Waals surface area contributed by atoms with E-state index in [0.717, 1.165) is 17.0 Å². The van der Waals surface area contributed by atoms with Gasteiger partial charge in [0.25, 0.3) is 5.91 Å². The molecule has 0 saturated carbocycles. The van der Waals surface area contributed by atoms with Crippen molar-refractivity contribution in [3.63, 3.8) is 0 Å². The molecule has 24 heavy (non-hydrogen) atoms. The molecule has 4 nitrogen and oxygen atoms in total. The molecule has 7 heteroatoms. The number of hydrogen-bond acceptors (Lipinski definition) is 2. The third kappa shape index (κ3) is 2.62. The fourth-order valence-corrected chi connectivity index (χ4v) is 2.62. The second-order valence-electron chi connectivity index (χ2n) is 5.70. The van der Waals surface area contributed by atoms with E-state index in [1.807, 2.05) is 0 Å². The lowest BCUT2D eigenvalue weighted by Crippen LogP contribution is -2.41. The molecule has 1 fully saturated rings. The summed E-state index contributed by atoms with van der Waals surface area (Å²) in [7, 11) is 0. The molecule has 1 saturated heterocycles. The van der Waals surface area contributed by atoms with Gasteiger partial charge in [-0.25, -0.2) is 18.0 Å². The predicted octanol–water partition coefficient (Wildman–Crippen LogP) is 3.07. The van der Waals surface area contributed by atoms with Crippen LogP contribution in [0.3, 0.4) is 0 Å². The monoisotopic (exact) mass is 334 g/mol. The first kappa shape index (κ1) is 16.0. The second kappa shape index (κ2) is 5.67. The van der Waals surface area contributed by atoms with Gasteiger partial charge in [-0.2, -0.15) is 0 Å². The standard InChI is InChI=1S/C17H13F3N2O2/c1-17(11-4-7-13(19)14(20)8-11)15(23)22(16(24)21-17)9-10-2-5-12(18)6-3-10/h2-8H,9H2,1H3,(H,21,24). The lowest BCUT2D eigenvalue weighted by atomic mass is 9.92. The van der Waals surface area contributed by atoms with Gasteiger partial charge in [0, 0.05) is 0 Å². The molecule has 0 radical (unpaired) electrons. The first-order chi connectivity index (χ1) is 11.3. The van der Waals surface area contributed by atoms with Crippen LogP contribution in [0, 0.1) is 17.5 Å². The Kier molecular flexibility index (Phi) is 3.79. The molecule has 1 unspecified atom stereocenters. The molecule has 1 aliphatic heterocycles. The van der Waals surface area contributed by atoms with Crippen LogP contribution in [-0.4, -0.2) is 16.8 Å². The van der Waals surface area contributed by atoms with Crippen molar-refractivity contribution in [1.29, 1.82) is 0 Å². The zero-order valence-corrected chi connectivity index (χ0v) is 12.6. The summed E-state index contributed by atoms with van der Waals surface area (Å²) in [5.41, 5.74) is -0.790. The van der Waals surface area contributed by atoms with Crippen molar-refractivity contribution >= 4 is 11.9 Å². The van der Waals surface area contributed by atoms with E-state index in [1.165, 1.54) is 37.3 Å². The lowest BCUT2D eigenvalue weighted by molar-refractivity contribution is -0.131. The first-order valence-electron chi connectivity index (χ1n) is 7.15. The summed E-state index contributed by atoms with van der Waals surface area (Å²) in [4.78, 5) is 25.8. The zero-order valence-electron chi connectivity index (χ0n) is 12.6. The summed E-state index contributed by atoms with van der Waals surface area (Å²) in [6.45, 7) is 1.37. The number of amides is 3. The third-order valence-corrected chi connectivity index (χ3v) is 4.03. The Morgan fingerprint density at radius 1 is 1.00 bits per heavy atom. The number of benzene rings is 2. The second-order valence-corrected chi connectivity index (χ2v) is 5.70. The van der Waals surface area contributed by atoms with Crippen molar-refractivity contribution in [2.24, 2.45) is 0 Å². The van der Waals surface area contributed by atoms with E-state index < -0.39 is 34.9 Å². The van der Waals surface area contributed by atoms with Crippen molar-refractivity contribution in [1.82, 2.24) is 10.2 Å². The Morgan fingerprint density at radius 3 is 2.29 bits per heavy atom. The molecule has 0 spiro atoms. The minimum atomic E-state index is -1.49. The summed E-state index contributed by atoms with van der Waals surface area (Å²) in [5, 5.41) is 2.50. The molecule has 1 heterocycles. The van der Waals surface area contributed by atoms with Gasteiger partial charge in [0.1, 0.15) is 11.4 Å². The maximum absolute atomic E-state index is 13.5. The van der Waals surface area contributed by atoms with E-state index in [-0.39, 0.29) is 12.1 Å². The largest absolute Gasteiger partial charge is 0.325 e. The lowest BCUT2D eigenvalue weighted by Gasteiger charge is -2.22. The molecule has 2 aromatic rings. The quantitative estimate of drug-likeness (QED) is 0.877. The van der Waals surface area contributed by atoms with Crippen molar-refractivity contribution in [3.8, 4) is 0 Å². The van der Waals surface area contributed by atoms with Gasteiger partial charge in [-0.05, 0) is 42.3 Å². The van der Waals surface area contributed by atoms with Crippen LogP contribution in [0.15, 0.2) is 42.5 Å². The fourth-order valence-electron chi connectivity index (χ4n) is 2.62. The van der Waals surface area contributed by atoms with Crippen molar-refractivity contribution in [2.75, 3.05) is 0 Å². The highest BCUT2D eigenvalue weighted by molar-refractivity contribution is 6.07. The molecule has 1 atom stereocenters. The number of halogens is 3. The molecule has 1 N–H and O–H groups in total. The Labute approximate surface area is 135 Å². The molecule has 0 aromatic heterocycles. The SMILES string of the molecule is CC1(c2ccc(F)c(F)c2)NC(=O)N(Cc2ccc(F)cc2)C1=O. The van der Waals surface area contributed by atoms with Crippen LogP contribution in [0.5, 0.6) is 0 Å². The maximum Gasteiger partial charge on any atom is 0.325 e. The average molecular weight is 334 g/mol. The molecule has 1 aliphatic rings. The number of carbonyl (C=O) groups is 2. The predicted molar refractivity (Wildman–Crippen MR) is 79.2 cm³/mol. The van der Waals surface area contributed by atoms with Gasteiger partial charge in [0.05, 0.1) is 6.54 Å². The number of nitrogens with one attached hydrogen (secondary N) is 1. The number of rotatable bonds is 3. The Balaban J connectivity index is 1.90. The van der Waals surface area contributed by atoms with Crippen molar-refractivity contribution in [2.45, 2.75) is 19.0 Å². The Morgan fingerprint density at radius 2 is 1.67 bits per heavy atom. The molecule has 3 amide bonds. The summed E-state index contributed by atoms with van der Waals surface area (Å²) < 4.78 is 39.5. The summed E-state index contributed by atoms with van der Waals surface area (Å²) in [6.07, 6.45) is 0. The molecule has 0 bridgehead atoms. The van der Waals surface area contributed by atoms with Crippen LogP contribution in [-0.2, 0) is 16.9 Å². The summed E-state index contributed by atoms with van der Waals surface area (Å²) >= 11 is 0. The van der Waals surface area contributed by atoms with E-state index >= 15 is 0 Å². The Hall–Kier alpha value is -2.83. The van der Waals surface area contributed by atoms with E-state index in [9.17, 15) is 22.8 Å². The zero-order chi connectivity index (χ0) is 17.5. The third-order valence-electron chi connectivity index (χ3n) is 4.03. The van der Waals surface area contributed by atoms with Crippen LogP contribution in [0.25, 0.3) is 0 Å². The van der Waals surface area contributed by atoms with Gasteiger partial charge in [0.2, 0.25) is 0 Å². The van der Waals surface area contributed by atoms with E-state index in [4.69, 9.17) is 0 Å². The number of nitrogens with zero attached hydrogens (tertiary/aromatic N) is 1. The normalized spacial score (nSPS) is 20.4. The molecule has 3 rings (SSSR count). The minimum Gasteiger partial charge on any atom is -0.319 e. The minimum absolute atomic E-state index is 0.0514. The van der Waals surface area contributed by atoms with Gasteiger partial charge in [-0.3, -0.25) is 9.69 Å². The number of imide groups is 1. The topological polar surface area (TPSA) is 49.4 Å². The summed E-state index contributed by atoms with van der Waals surface area (Å²) in [5.74, 6) is -3.17. The highest BCUT2D eigenvalue weighted by atomic mass is 19.2. The molecule has 0 aliphatic carbocycles. The van der Waals surface area contributed by atoms with E-state index in [0.29, 0.717) is 5.56 Å². The van der Waals surface area contributed by atoms with Gasteiger partial charge in [-0.15, -0.1) is 0 Å². The van der Waals surface area contributed by atoms with Gasteiger partial charge in [-0.1, -0.05) is 18.2 Å². The van der Waals surface area contributed by atoms with Crippen molar-refractivity contribution in [3.05, 3.63) is 71.0 Å². The summed E-state index contributed by atoms with van der Waals surface area (Å²) in [6, 6.07) is 7.75. The van der Waals surface area contributed by atoms with Crippen molar-refractivity contribution < 1.29 is 22.8 Å². The number of carbonyl (C=O) groups excluding carboxylic acids is 2. The first-order valence-corrected chi connectivity index (χ1v) is 7.15. The van der Waals surface area contributed by atoms with Crippen LogP contribution in [0.4, 0.5) is 18.0 Å². The maximum atomic E-state index is 13.5. The molecular weight excluding hydrogens is 321 g/mol. The van der Waals surface area contributed by atoms with E-state index in [2.05, 4.69) is 5.32 Å². The van der Waals surface area contributed by atoms with Crippen LogP contribution >= 0.6 is 0 Å². The number of urea groups is 1. The van der Waals surface area contributed by atoms with E-state index in [1.54, 1.807) is 0 Å².